The summed E-state index contributed by atoms with van der Waals surface area (Å²) in [7, 11) is 1.61. The average Bonchev–Trinajstić information content (AvgIpc) is 3.14. The highest BCUT2D eigenvalue weighted by Gasteiger charge is 2.32. The normalized spacial score (nSPS) is 15.7. The van der Waals surface area contributed by atoms with Crippen LogP contribution in [0.4, 0.5) is 5.69 Å². The number of carbonyl (C=O) groups excluding carboxylic acids is 1. The highest BCUT2D eigenvalue weighted by molar-refractivity contribution is 9.10. The van der Waals surface area contributed by atoms with Gasteiger partial charge in [-0.3, -0.25) is 9.69 Å². The first kappa shape index (κ1) is 26.9. The summed E-state index contributed by atoms with van der Waals surface area (Å²) < 4.78 is 11.8. The summed E-state index contributed by atoms with van der Waals surface area (Å²) in [5.41, 5.74) is 2.35. The first-order chi connectivity index (χ1) is 17.3. The van der Waals surface area contributed by atoms with Crippen LogP contribution in [0.25, 0.3) is 6.08 Å². The Morgan fingerprint density at radius 1 is 1.03 bits per heavy atom. The molecule has 0 N–H and O–H groups in total. The molecule has 0 atom stereocenters. The van der Waals surface area contributed by atoms with E-state index < -0.39 is 0 Å². The molecule has 0 aromatic heterocycles. The van der Waals surface area contributed by atoms with Crippen LogP contribution in [0.3, 0.4) is 0 Å². The fourth-order valence-electron chi connectivity index (χ4n) is 3.37. The van der Waals surface area contributed by atoms with Gasteiger partial charge >= 0.3 is 0 Å². The summed E-state index contributed by atoms with van der Waals surface area (Å²) >= 11 is 23.4. The van der Waals surface area contributed by atoms with E-state index in [0.29, 0.717) is 41.9 Å². The van der Waals surface area contributed by atoms with Gasteiger partial charge in [-0.15, -0.1) is 0 Å². The number of aliphatic imine (C=N–C) groups is 1. The Bertz CT molecular complexity index is 1340. The van der Waals surface area contributed by atoms with Crippen LogP contribution in [0.1, 0.15) is 18.1 Å². The van der Waals surface area contributed by atoms with E-state index in [0.717, 1.165) is 22.6 Å². The molecule has 0 aliphatic carbocycles. The van der Waals surface area contributed by atoms with Crippen molar-refractivity contribution in [1.82, 2.24) is 4.90 Å². The van der Waals surface area contributed by atoms with Crippen molar-refractivity contribution in [2.45, 2.75) is 13.5 Å². The first-order valence-corrected chi connectivity index (χ1v) is 13.5. The number of hydrogen-bond acceptors (Lipinski definition) is 5. The number of thioether (sulfide) groups is 1. The number of ether oxygens (including phenoxy) is 2. The number of nitrogens with zero attached hydrogens (tertiary/aromatic N) is 2. The van der Waals surface area contributed by atoms with Crippen molar-refractivity contribution >= 4 is 85.3 Å². The van der Waals surface area contributed by atoms with Crippen molar-refractivity contribution in [3.8, 4) is 11.5 Å². The maximum absolute atomic E-state index is 13.0. The number of hydrogen-bond donors (Lipinski definition) is 0. The van der Waals surface area contributed by atoms with E-state index in [1.165, 1.54) is 11.8 Å². The van der Waals surface area contributed by atoms with Gasteiger partial charge in [0, 0.05) is 6.54 Å². The van der Waals surface area contributed by atoms with Crippen molar-refractivity contribution in [2.75, 3.05) is 13.7 Å². The Hall–Kier alpha value is -2.16. The van der Waals surface area contributed by atoms with Crippen LogP contribution in [-0.4, -0.2) is 29.6 Å². The largest absolute Gasteiger partial charge is 0.497 e. The van der Waals surface area contributed by atoms with Gasteiger partial charge in [0.25, 0.3) is 5.91 Å². The summed E-state index contributed by atoms with van der Waals surface area (Å²) in [6, 6.07) is 16.3. The molecule has 10 heteroatoms. The summed E-state index contributed by atoms with van der Waals surface area (Å²) in [4.78, 5) is 19.9. The number of rotatable bonds is 7. The lowest BCUT2D eigenvalue weighted by molar-refractivity contribution is -0.122. The minimum absolute atomic E-state index is 0.109. The number of likely N-dealkylation sites (N-methyl/N-ethyl adjacent to an activating group) is 1. The Morgan fingerprint density at radius 3 is 2.42 bits per heavy atom. The van der Waals surface area contributed by atoms with Crippen LogP contribution in [0.2, 0.25) is 15.1 Å². The number of methoxy groups -OCH3 is 1. The van der Waals surface area contributed by atoms with E-state index >= 15 is 0 Å². The van der Waals surface area contributed by atoms with Crippen molar-refractivity contribution in [3.05, 3.63) is 90.2 Å². The van der Waals surface area contributed by atoms with Gasteiger partial charge in [0.2, 0.25) is 0 Å². The molecule has 3 aromatic rings. The zero-order chi connectivity index (χ0) is 25.8. The lowest BCUT2D eigenvalue weighted by atomic mass is 10.2. The number of amidine groups is 1. The van der Waals surface area contributed by atoms with E-state index in [1.807, 2.05) is 43.3 Å². The van der Waals surface area contributed by atoms with E-state index in [2.05, 4.69) is 20.9 Å². The van der Waals surface area contributed by atoms with Gasteiger partial charge in [-0.05, 0) is 100 Å². The number of halogens is 4. The van der Waals surface area contributed by atoms with Crippen LogP contribution in [0.5, 0.6) is 11.5 Å². The molecule has 0 bridgehead atoms. The molecule has 1 amide bonds. The third kappa shape index (κ3) is 6.21. The van der Waals surface area contributed by atoms with Gasteiger partial charge in [0.05, 0.1) is 37.2 Å². The van der Waals surface area contributed by atoms with E-state index in [4.69, 9.17) is 44.3 Å². The fraction of sp³-hybridized carbons (Fsp3) is 0.154. The highest BCUT2D eigenvalue weighted by Crippen LogP contribution is 2.38. The molecular weight excluding hydrogens is 607 g/mol. The first-order valence-electron chi connectivity index (χ1n) is 10.8. The van der Waals surface area contributed by atoms with Crippen molar-refractivity contribution < 1.29 is 14.3 Å². The maximum atomic E-state index is 13.0. The molecule has 186 valence electrons. The Morgan fingerprint density at radius 2 is 1.78 bits per heavy atom. The second-order valence-electron chi connectivity index (χ2n) is 7.60. The molecule has 0 unspecified atom stereocenters. The highest BCUT2D eigenvalue weighted by atomic mass is 79.9. The third-order valence-electron chi connectivity index (χ3n) is 5.19. The second-order valence-corrected chi connectivity index (χ2v) is 10.7. The Labute approximate surface area is 237 Å². The van der Waals surface area contributed by atoms with Gasteiger partial charge < -0.3 is 9.47 Å². The van der Waals surface area contributed by atoms with Crippen molar-refractivity contribution in [2.24, 2.45) is 4.99 Å². The molecule has 0 saturated carbocycles. The molecule has 1 heterocycles. The number of amides is 1. The molecular formula is C26H20BrCl3N2O3S. The van der Waals surface area contributed by atoms with Gasteiger partial charge in [-0.2, -0.15) is 0 Å². The SMILES string of the molecule is CCN1C(=O)/C(=C\c2cc(Cl)c(OCc3ccc(Cl)c(Cl)c3)c(Br)c2)SC1=Nc1ccc(OC)cc1. The molecule has 4 rings (SSSR count). The standard InChI is InChI=1S/C26H20BrCl3N2O3S/c1-3-32-25(33)23(36-26(32)31-17-5-7-18(34-2)8-6-17)13-16-10-19(27)24(22(30)12-16)35-14-15-4-9-20(28)21(29)11-15/h4-13H,3,14H2,1-2H3/b23-13+,31-26?. The maximum Gasteiger partial charge on any atom is 0.266 e. The number of carbonyl (C=O) groups is 1. The van der Waals surface area contributed by atoms with Crippen LogP contribution in [-0.2, 0) is 11.4 Å². The van der Waals surface area contributed by atoms with Gasteiger partial charge in [0.15, 0.2) is 10.9 Å². The molecule has 1 fully saturated rings. The van der Waals surface area contributed by atoms with Crippen molar-refractivity contribution in [3.63, 3.8) is 0 Å². The van der Waals surface area contributed by atoms with E-state index in [-0.39, 0.29) is 12.5 Å². The Balaban J connectivity index is 1.54. The van der Waals surface area contributed by atoms with Crippen LogP contribution in [0.15, 0.2) is 69.0 Å². The summed E-state index contributed by atoms with van der Waals surface area (Å²) in [6.45, 7) is 2.68. The second kappa shape index (κ2) is 11.9. The third-order valence-corrected chi connectivity index (χ3v) is 7.80. The fourth-order valence-corrected chi connectivity index (χ4v) is 5.75. The average molecular weight is 627 g/mol. The molecule has 1 aliphatic heterocycles. The molecule has 3 aromatic carbocycles. The Kier molecular flexibility index (Phi) is 8.91. The molecule has 5 nitrogen and oxygen atoms in total. The van der Waals surface area contributed by atoms with Gasteiger partial charge in [-0.25, -0.2) is 4.99 Å². The summed E-state index contributed by atoms with van der Waals surface area (Å²) in [6.07, 6.45) is 1.80. The van der Waals surface area contributed by atoms with E-state index in [9.17, 15) is 4.79 Å². The van der Waals surface area contributed by atoms with Crippen LogP contribution < -0.4 is 9.47 Å². The lowest BCUT2D eigenvalue weighted by Crippen LogP contribution is -2.28. The number of benzene rings is 3. The predicted molar refractivity (Wildman–Crippen MR) is 153 cm³/mol. The minimum atomic E-state index is -0.109. The molecule has 1 aliphatic rings. The monoisotopic (exact) mass is 624 g/mol. The summed E-state index contributed by atoms with van der Waals surface area (Å²) in [5.74, 6) is 1.13. The van der Waals surface area contributed by atoms with Crippen molar-refractivity contribution in [1.29, 1.82) is 0 Å². The molecule has 36 heavy (non-hydrogen) atoms. The minimum Gasteiger partial charge on any atom is -0.497 e. The summed E-state index contributed by atoms with van der Waals surface area (Å²) in [5, 5.41) is 1.96. The lowest BCUT2D eigenvalue weighted by Gasteiger charge is -2.12. The molecule has 0 spiro atoms. The quantitative estimate of drug-likeness (QED) is 0.247. The zero-order valence-electron chi connectivity index (χ0n) is 19.2. The van der Waals surface area contributed by atoms with Crippen LogP contribution >= 0.6 is 62.5 Å². The van der Waals surface area contributed by atoms with Crippen LogP contribution in [0, 0.1) is 0 Å². The van der Waals surface area contributed by atoms with E-state index in [1.54, 1.807) is 36.3 Å². The molecule has 1 saturated heterocycles. The topological polar surface area (TPSA) is 51.1 Å². The zero-order valence-corrected chi connectivity index (χ0v) is 23.9. The predicted octanol–water partition coefficient (Wildman–Crippen LogP) is 8.62. The smallest absolute Gasteiger partial charge is 0.266 e. The van der Waals surface area contributed by atoms with Gasteiger partial charge in [0.1, 0.15) is 12.4 Å². The van der Waals surface area contributed by atoms with Gasteiger partial charge in [-0.1, -0.05) is 40.9 Å². The molecule has 0 radical (unpaired) electrons.